The van der Waals surface area contributed by atoms with Gasteiger partial charge in [0.15, 0.2) is 0 Å². The molecule has 0 radical (unpaired) electrons. The number of carbonyl (C=O) groups excluding carboxylic acids is 4. The lowest BCUT2D eigenvalue weighted by atomic mass is 9.95. The highest BCUT2D eigenvalue weighted by atomic mass is 79.9. The van der Waals surface area contributed by atoms with Gasteiger partial charge < -0.3 is 10.6 Å². The third kappa shape index (κ3) is 4.66. The highest BCUT2D eigenvalue weighted by Gasteiger charge is 2.37. The van der Waals surface area contributed by atoms with E-state index in [4.69, 9.17) is 0 Å². The van der Waals surface area contributed by atoms with Gasteiger partial charge in [0.05, 0.1) is 16.8 Å². The lowest BCUT2D eigenvalue weighted by Crippen LogP contribution is -2.37. The standard InChI is InChI=1S/C26H22BrN3O4S/c27-16-10-11-19-18(12-16)23(32)26(34)30(19)14-21(31)29-25-22(17-8-4-5-9-20(17)35-25)24(33)28-13-15-6-2-1-3-7-15/h1-3,6-7,10-12H,4-5,8-9,13-14H2,(H,28,33)(H,29,31). The second-order valence-electron chi connectivity index (χ2n) is 8.51. The molecule has 0 bridgehead atoms. The van der Waals surface area contributed by atoms with Crippen LogP contribution in [0.2, 0.25) is 0 Å². The Bertz CT molecular complexity index is 1350. The van der Waals surface area contributed by atoms with Gasteiger partial charge in [-0.05, 0) is 55.0 Å². The second kappa shape index (κ2) is 9.75. The normalized spacial score (nSPS) is 14.5. The highest BCUT2D eigenvalue weighted by molar-refractivity contribution is 9.10. The Hall–Kier alpha value is -3.30. The fourth-order valence-electron chi connectivity index (χ4n) is 4.50. The predicted octanol–water partition coefficient (Wildman–Crippen LogP) is 4.49. The van der Waals surface area contributed by atoms with Crippen LogP contribution in [0.25, 0.3) is 0 Å². The first-order chi connectivity index (χ1) is 16.9. The summed E-state index contributed by atoms with van der Waals surface area (Å²) >= 11 is 4.72. The molecule has 9 heteroatoms. The molecule has 0 saturated heterocycles. The molecule has 2 aromatic carbocycles. The number of hydrogen-bond acceptors (Lipinski definition) is 5. The molecule has 0 saturated carbocycles. The Morgan fingerprint density at radius 3 is 2.60 bits per heavy atom. The van der Waals surface area contributed by atoms with E-state index in [1.54, 1.807) is 18.2 Å². The molecule has 2 N–H and O–H groups in total. The molecule has 0 spiro atoms. The van der Waals surface area contributed by atoms with E-state index >= 15 is 0 Å². The number of fused-ring (bicyclic) bond motifs is 2. The Kier molecular flexibility index (Phi) is 6.53. The summed E-state index contributed by atoms with van der Waals surface area (Å²) in [5, 5.41) is 6.32. The molecule has 2 aliphatic rings. The monoisotopic (exact) mass is 551 g/mol. The van der Waals surface area contributed by atoms with Gasteiger partial charge in [0.2, 0.25) is 5.91 Å². The first kappa shape index (κ1) is 23.4. The van der Waals surface area contributed by atoms with Crippen molar-refractivity contribution in [3.05, 3.63) is 80.1 Å². The largest absolute Gasteiger partial charge is 0.348 e. The molecule has 1 aromatic heterocycles. The number of aryl methyl sites for hydroxylation is 1. The van der Waals surface area contributed by atoms with Gasteiger partial charge in [-0.15, -0.1) is 11.3 Å². The van der Waals surface area contributed by atoms with Crippen molar-refractivity contribution in [1.82, 2.24) is 5.32 Å². The minimum Gasteiger partial charge on any atom is -0.348 e. The zero-order valence-electron chi connectivity index (χ0n) is 18.7. The first-order valence-electron chi connectivity index (χ1n) is 11.3. The van der Waals surface area contributed by atoms with Crippen LogP contribution in [-0.4, -0.2) is 30.0 Å². The van der Waals surface area contributed by atoms with Crippen LogP contribution < -0.4 is 15.5 Å². The molecular formula is C26H22BrN3O4S. The van der Waals surface area contributed by atoms with Gasteiger partial charge >= 0.3 is 0 Å². The average Bonchev–Trinajstić information content (AvgIpc) is 3.33. The number of thiophene rings is 1. The smallest absolute Gasteiger partial charge is 0.299 e. The number of Topliss-reactive ketones (excluding diaryl/α,β-unsaturated/α-hetero) is 1. The molecule has 3 amide bonds. The van der Waals surface area contributed by atoms with Gasteiger partial charge in [0, 0.05) is 15.9 Å². The Balaban J connectivity index is 1.36. The molecule has 1 aliphatic carbocycles. The van der Waals surface area contributed by atoms with Crippen molar-refractivity contribution < 1.29 is 19.2 Å². The number of hydrogen-bond donors (Lipinski definition) is 2. The van der Waals surface area contributed by atoms with Gasteiger partial charge in [-0.3, -0.25) is 24.1 Å². The number of rotatable bonds is 6. The molecule has 3 aromatic rings. The summed E-state index contributed by atoms with van der Waals surface area (Å²) in [5.74, 6) is -2.06. The molecule has 1 aliphatic heterocycles. The van der Waals surface area contributed by atoms with Crippen molar-refractivity contribution in [1.29, 1.82) is 0 Å². The molecule has 0 fully saturated rings. The lowest BCUT2D eigenvalue weighted by molar-refractivity contribution is -0.118. The molecule has 0 atom stereocenters. The summed E-state index contributed by atoms with van der Waals surface area (Å²) in [6, 6.07) is 14.6. The minimum absolute atomic E-state index is 0.230. The van der Waals surface area contributed by atoms with Crippen molar-refractivity contribution >= 4 is 61.5 Å². The van der Waals surface area contributed by atoms with E-state index < -0.39 is 17.6 Å². The third-order valence-corrected chi connectivity index (χ3v) is 7.88. The van der Waals surface area contributed by atoms with Crippen LogP contribution in [0.1, 0.15) is 49.6 Å². The van der Waals surface area contributed by atoms with E-state index in [2.05, 4.69) is 26.6 Å². The third-order valence-electron chi connectivity index (χ3n) is 6.18. The van der Waals surface area contributed by atoms with Crippen molar-refractivity contribution in [3.8, 4) is 0 Å². The summed E-state index contributed by atoms with van der Waals surface area (Å²) in [7, 11) is 0. The van der Waals surface area contributed by atoms with E-state index in [0.29, 0.717) is 27.3 Å². The van der Waals surface area contributed by atoms with E-state index in [0.717, 1.165) is 41.7 Å². The van der Waals surface area contributed by atoms with Crippen molar-refractivity contribution in [2.45, 2.75) is 32.2 Å². The molecule has 7 nitrogen and oxygen atoms in total. The first-order valence-corrected chi connectivity index (χ1v) is 13.0. The Labute approximate surface area is 214 Å². The quantitative estimate of drug-likeness (QED) is 0.441. The highest BCUT2D eigenvalue weighted by Crippen LogP contribution is 2.38. The van der Waals surface area contributed by atoms with Crippen LogP contribution in [0.3, 0.4) is 0 Å². The zero-order chi connectivity index (χ0) is 24.5. The Morgan fingerprint density at radius 1 is 1.03 bits per heavy atom. The topological polar surface area (TPSA) is 95.6 Å². The van der Waals surface area contributed by atoms with Gasteiger partial charge in [-0.2, -0.15) is 0 Å². The van der Waals surface area contributed by atoms with Crippen LogP contribution in [0.5, 0.6) is 0 Å². The molecule has 2 heterocycles. The van der Waals surface area contributed by atoms with E-state index in [-0.39, 0.29) is 18.0 Å². The summed E-state index contributed by atoms with van der Waals surface area (Å²) in [6.45, 7) is 0.0707. The van der Waals surface area contributed by atoms with Crippen LogP contribution >= 0.6 is 27.3 Å². The molecular weight excluding hydrogens is 530 g/mol. The van der Waals surface area contributed by atoms with Crippen LogP contribution in [0.15, 0.2) is 53.0 Å². The van der Waals surface area contributed by atoms with E-state index in [1.165, 1.54) is 16.2 Å². The van der Waals surface area contributed by atoms with Crippen LogP contribution in [0.4, 0.5) is 10.7 Å². The average molecular weight is 552 g/mol. The van der Waals surface area contributed by atoms with Crippen molar-refractivity contribution in [3.63, 3.8) is 0 Å². The van der Waals surface area contributed by atoms with E-state index in [9.17, 15) is 19.2 Å². The summed E-state index contributed by atoms with van der Waals surface area (Å²) in [6.07, 6.45) is 3.70. The number of ketones is 1. The van der Waals surface area contributed by atoms with Crippen molar-refractivity contribution in [2.24, 2.45) is 0 Å². The second-order valence-corrected chi connectivity index (χ2v) is 10.5. The summed E-state index contributed by atoms with van der Waals surface area (Å²) < 4.78 is 0.680. The number of nitrogens with one attached hydrogen (secondary N) is 2. The number of halogens is 1. The van der Waals surface area contributed by atoms with Crippen LogP contribution in [0, 0.1) is 0 Å². The maximum Gasteiger partial charge on any atom is 0.299 e. The number of carbonyl (C=O) groups is 4. The predicted molar refractivity (Wildman–Crippen MR) is 138 cm³/mol. The summed E-state index contributed by atoms with van der Waals surface area (Å²) in [5.41, 5.74) is 3.15. The van der Waals surface area contributed by atoms with Crippen LogP contribution in [-0.2, 0) is 29.0 Å². The zero-order valence-corrected chi connectivity index (χ0v) is 21.1. The number of benzene rings is 2. The van der Waals surface area contributed by atoms with Gasteiger partial charge in [-0.25, -0.2) is 0 Å². The number of nitrogens with zero attached hydrogens (tertiary/aromatic N) is 1. The fraction of sp³-hybridized carbons (Fsp3) is 0.231. The number of amides is 3. The molecule has 0 unspecified atom stereocenters. The molecule has 35 heavy (non-hydrogen) atoms. The van der Waals surface area contributed by atoms with Gasteiger partial charge in [0.1, 0.15) is 11.5 Å². The van der Waals surface area contributed by atoms with Gasteiger partial charge in [-0.1, -0.05) is 46.3 Å². The fourth-order valence-corrected chi connectivity index (χ4v) is 6.16. The molecule has 5 rings (SSSR count). The lowest BCUT2D eigenvalue weighted by Gasteiger charge is -2.16. The Morgan fingerprint density at radius 2 is 1.80 bits per heavy atom. The maximum absolute atomic E-state index is 13.2. The maximum atomic E-state index is 13.2. The number of anilines is 2. The van der Waals surface area contributed by atoms with Gasteiger partial charge in [0.25, 0.3) is 17.6 Å². The van der Waals surface area contributed by atoms with E-state index in [1.807, 2.05) is 30.3 Å². The minimum atomic E-state index is -0.737. The molecule has 178 valence electrons. The SMILES string of the molecule is O=C(CN1C(=O)C(=O)c2cc(Br)ccc21)Nc1sc2c(c1C(=O)NCc1ccccc1)CCCC2. The van der Waals surface area contributed by atoms with Crippen molar-refractivity contribution in [2.75, 3.05) is 16.8 Å². The summed E-state index contributed by atoms with van der Waals surface area (Å²) in [4.78, 5) is 53.4.